The van der Waals surface area contributed by atoms with Crippen molar-refractivity contribution in [3.63, 3.8) is 0 Å². The number of hydrogen-bond donors (Lipinski definition) is 0. The fourth-order valence-corrected chi connectivity index (χ4v) is 9.01. The molecule has 0 aromatic heterocycles. The van der Waals surface area contributed by atoms with Gasteiger partial charge in [-0.2, -0.15) is 0 Å². The van der Waals surface area contributed by atoms with Crippen molar-refractivity contribution in [3.8, 4) is 0 Å². The second kappa shape index (κ2) is 31.1. The summed E-state index contributed by atoms with van der Waals surface area (Å²) in [7, 11) is 0. The molecule has 6 heteroatoms. The van der Waals surface area contributed by atoms with E-state index in [0.29, 0.717) is 32.3 Å². The van der Waals surface area contributed by atoms with E-state index in [-0.39, 0.29) is 18.3 Å². The normalized spacial score (nSPS) is 21.3. The third-order valence-corrected chi connectivity index (χ3v) is 12.5. The minimum absolute atomic E-state index is 0.320. The molecule has 2 aliphatic rings. The van der Waals surface area contributed by atoms with Gasteiger partial charge in [-0.15, -0.1) is 0 Å². The standard InChI is InChI=1S/C53H88O6/c1-5-7-9-11-13-15-17-19-21-23-25-29-37-47(38-30-26-24-22-20-18-16-14-12-10-8-6-2)43-56-52-51(55-42-46-39-33-28-34-40-46)50-49(58-53(3,4)59-50)48(57-52)44-54-41-45-35-31-27-32-36-45/h27-28,31-36,39-40,47-52H,5-26,29-30,37-38,41-44H2,1-4H3/t48-,49+,50+,51-,52-/m1/s1. The summed E-state index contributed by atoms with van der Waals surface area (Å²) >= 11 is 0. The van der Waals surface area contributed by atoms with Gasteiger partial charge in [0.05, 0.1) is 26.4 Å². The zero-order chi connectivity index (χ0) is 41.6. The Bertz CT molecular complexity index is 1230. The van der Waals surface area contributed by atoms with Crippen LogP contribution in [0.1, 0.15) is 206 Å². The van der Waals surface area contributed by atoms with Crippen LogP contribution in [0.4, 0.5) is 0 Å². The monoisotopic (exact) mass is 821 g/mol. The molecule has 2 heterocycles. The van der Waals surface area contributed by atoms with Gasteiger partial charge in [-0.05, 0) is 43.7 Å². The fourth-order valence-electron chi connectivity index (χ4n) is 9.01. The summed E-state index contributed by atoms with van der Waals surface area (Å²) in [5, 5.41) is 0. The molecular weight excluding hydrogens is 733 g/mol. The molecule has 4 rings (SSSR count). The third-order valence-electron chi connectivity index (χ3n) is 12.5. The van der Waals surface area contributed by atoms with Gasteiger partial charge in [-0.3, -0.25) is 0 Å². The van der Waals surface area contributed by atoms with Crippen LogP contribution in [0.2, 0.25) is 0 Å². The van der Waals surface area contributed by atoms with Crippen LogP contribution in [0, 0.1) is 5.92 Å². The van der Waals surface area contributed by atoms with Crippen LogP contribution in [0.15, 0.2) is 60.7 Å². The highest BCUT2D eigenvalue weighted by molar-refractivity contribution is 5.14. The molecule has 5 atom stereocenters. The van der Waals surface area contributed by atoms with E-state index in [1.807, 2.05) is 38.1 Å². The Hall–Kier alpha value is -1.80. The summed E-state index contributed by atoms with van der Waals surface area (Å²) in [6.45, 7) is 10.6. The molecule has 0 saturated carbocycles. The molecule has 0 amide bonds. The van der Waals surface area contributed by atoms with E-state index < -0.39 is 18.2 Å². The molecule has 2 saturated heterocycles. The van der Waals surface area contributed by atoms with Crippen molar-refractivity contribution >= 4 is 0 Å². The van der Waals surface area contributed by atoms with Crippen molar-refractivity contribution in [1.82, 2.24) is 0 Å². The van der Waals surface area contributed by atoms with Crippen molar-refractivity contribution in [2.75, 3.05) is 13.2 Å². The quantitative estimate of drug-likeness (QED) is 0.0638. The fraction of sp³-hybridized carbons (Fsp3) is 0.774. The first-order chi connectivity index (χ1) is 29.0. The lowest BCUT2D eigenvalue weighted by Crippen LogP contribution is -2.59. The number of unbranched alkanes of at least 4 members (excludes halogenated alkanes) is 22. The number of benzene rings is 2. The third kappa shape index (κ3) is 21.2. The minimum Gasteiger partial charge on any atom is -0.374 e. The number of fused-ring (bicyclic) bond motifs is 1. The van der Waals surface area contributed by atoms with E-state index in [1.165, 1.54) is 167 Å². The molecule has 2 fully saturated rings. The van der Waals surface area contributed by atoms with E-state index in [2.05, 4.69) is 50.2 Å². The second-order valence-corrected chi connectivity index (χ2v) is 18.4. The Morgan fingerprint density at radius 3 is 1.41 bits per heavy atom. The van der Waals surface area contributed by atoms with Crippen LogP contribution in [0.5, 0.6) is 0 Å². The Morgan fingerprint density at radius 1 is 0.508 bits per heavy atom. The molecule has 2 aliphatic heterocycles. The van der Waals surface area contributed by atoms with E-state index in [0.717, 1.165) is 11.1 Å². The zero-order valence-corrected chi connectivity index (χ0v) is 38.4. The lowest BCUT2D eigenvalue weighted by molar-refractivity contribution is -0.298. The molecule has 0 N–H and O–H groups in total. The zero-order valence-electron chi connectivity index (χ0n) is 38.4. The van der Waals surface area contributed by atoms with Gasteiger partial charge in [0.25, 0.3) is 0 Å². The molecule has 2 aromatic carbocycles. The SMILES string of the molecule is CCCCCCCCCCCCCCC(CCCCCCCCCCCCCC)CO[C@@H]1O[C@H](COCc2ccccc2)[C@@H]2OC(C)(C)O[C@@H]2[C@H]1OCc1ccccc1. The summed E-state index contributed by atoms with van der Waals surface area (Å²) in [6.07, 6.45) is 33.5. The van der Waals surface area contributed by atoms with Crippen LogP contribution in [-0.2, 0) is 41.6 Å². The van der Waals surface area contributed by atoms with E-state index in [9.17, 15) is 0 Å². The molecule has 59 heavy (non-hydrogen) atoms. The van der Waals surface area contributed by atoms with Crippen molar-refractivity contribution in [2.45, 2.75) is 244 Å². The number of rotatable bonds is 36. The van der Waals surface area contributed by atoms with Crippen molar-refractivity contribution in [3.05, 3.63) is 71.8 Å². The second-order valence-electron chi connectivity index (χ2n) is 18.4. The summed E-state index contributed by atoms with van der Waals surface area (Å²) in [5.41, 5.74) is 2.25. The maximum atomic E-state index is 6.89. The molecule has 0 unspecified atom stereocenters. The van der Waals surface area contributed by atoms with Crippen LogP contribution in [0.25, 0.3) is 0 Å². The summed E-state index contributed by atoms with van der Waals surface area (Å²) in [4.78, 5) is 0. The first-order valence-corrected chi connectivity index (χ1v) is 24.9. The summed E-state index contributed by atoms with van der Waals surface area (Å²) < 4.78 is 39.8. The Labute approximate surface area is 362 Å². The average Bonchev–Trinajstić information content (AvgIpc) is 3.58. The average molecular weight is 821 g/mol. The molecule has 336 valence electrons. The van der Waals surface area contributed by atoms with Gasteiger partial charge in [-0.25, -0.2) is 0 Å². The van der Waals surface area contributed by atoms with Crippen LogP contribution in [0.3, 0.4) is 0 Å². The van der Waals surface area contributed by atoms with Crippen molar-refractivity contribution in [1.29, 1.82) is 0 Å². The maximum Gasteiger partial charge on any atom is 0.186 e. The smallest absolute Gasteiger partial charge is 0.186 e. The van der Waals surface area contributed by atoms with E-state index in [1.54, 1.807) is 0 Å². The Morgan fingerprint density at radius 2 is 0.932 bits per heavy atom. The molecule has 0 spiro atoms. The van der Waals surface area contributed by atoms with Crippen molar-refractivity contribution in [2.24, 2.45) is 5.92 Å². The lowest BCUT2D eigenvalue weighted by Gasteiger charge is -2.42. The molecule has 0 aliphatic carbocycles. The predicted molar refractivity (Wildman–Crippen MR) is 244 cm³/mol. The van der Waals surface area contributed by atoms with Crippen LogP contribution >= 0.6 is 0 Å². The molecule has 6 nitrogen and oxygen atoms in total. The van der Waals surface area contributed by atoms with Crippen LogP contribution in [-0.4, -0.2) is 49.7 Å². The highest BCUT2D eigenvalue weighted by atomic mass is 16.8. The lowest BCUT2D eigenvalue weighted by atomic mass is 9.94. The van der Waals surface area contributed by atoms with Crippen LogP contribution < -0.4 is 0 Å². The van der Waals surface area contributed by atoms with Gasteiger partial charge in [-0.1, -0.05) is 229 Å². The largest absolute Gasteiger partial charge is 0.374 e. The Kier molecular flexibility index (Phi) is 26.3. The molecule has 0 bridgehead atoms. The molecule has 2 aromatic rings. The minimum atomic E-state index is -0.759. The topological polar surface area (TPSA) is 55.4 Å². The highest BCUT2D eigenvalue weighted by Gasteiger charge is 2.56. The van der Waals surface area contributed by atoms with Gasteiger partial charge < -0.3 is 28.4 Å². The summed E-state index contributed by atoms with van der Waals surface area (Å²) in [5.74, 6) is -0.256. The van der Waals surface area contributed by atoms with Crippen molar-refractivity contribution < 1.29 is 28.4 Å². The van der Waals surface area contributed by atoms with E-state index in [4.69, 9.17) is 28.4 Å². The number of ether oxygens (including phenoxy) is 6. The first-order valence-electron chi connectivity index (χ1n) is 24.9. The van der Waals surface area contributed by atoms with Gasteiger partial charge in [0.15, 0.2) is 12.1 Å². The van der Waals surface area contributed by atoms with Gasteiger partial charge in [0.2, 0.25) is 0 Å². The van der Waals surface area contributed by atoms with Gasteiger partial charge in [0.1, 0.15) is 24.4 Å². The van der Waals surface area contributed by atoms with Gasteiger partial charge in [0, 0.05) is 0 Å². The van der Waals surface area contributed by atoms with Gasteiger partial charge >= 0.3 is 0 Å². The summed E-state index contributed by atoms with van der Waals surface area (Å²) in [6, 6.07) is 20.7. The maximum absolute atomic E-state index is 6.89. The number of hydrogen-bond acceptors (Lipinski definition) is 6. The highest BCUT2D eigenvalue weighted by Crippen LogP contribution is 2.40. The first kappa shape index (κ1) is 49.9. The Balaban J connectivity index is 1.31. The van der Waals surface area contributed by atoms with E-state index >= 15 is 0 Å². The predicted octanol–water partition coefficient (Wildman–Crippen LogP) is 14.8. The molecule has 0 radical (unpaired) electrons. The molecular formula is C53H88O6.